The van der Waals surface area contributed by atoms with Crippen LogP contribution in [0.25, 0.3) is 0 Å². The van der Waals surface area contributed by atoms with E-state index in [2.05, 4.69) is 0 Å². The molecule has 4 unspecified atom stereocenters. The Morgan fingerprint density at radius 1 is 1.13 bits per heavy atom. The first-order chi connectivity index (χ1) is 13.9. The lowest BCUT2D eigenvalue weighted by Crippen LogP contribution is -2.67. The summed E-state index contributed by atoms with van der Waals surface area (Å²) in [6.45, 7) is 1.50. The summed E-state index contributed by atoms with van der Waals surface area (Å²) < 4.78 is 0. The van der Waals surface area contributed by atoms with Crippen molar-refractivity contribution in [3.8, 4) is 0 Å². The van der Waals surface area contributed by atoms with Gasteiger partial charge in [0.05, 0.1) is 23.7 Å². The van der Waals surface area contributed by atoms with Crippen LogP contribution < -0.4 is 11.5 Å². The summed E-state index contributed by atoms with van der Waals surface area (Å²) in [5, 5.41) is 54.3. The second-order valence-corrected chi connectivity index (χ2v) is 9.12. The second kappa shape index (κ2) is 6.36. The maximum atomic E-state index is 13.3. The molecule has 0 aromatic rings. The van der Waals surface area contributed by atoms with Crippen LogP contribution in [0.4, 0.5) is 0 Å². The third kappa shape index (κ3) is 2.36. The molecule has 30 heavy (non-hydrogen) atoms. The highest BCUT2D eigenvalue weighted by molar-refractivity contribution is 6.24. The lowest BCUT2D eigenvalue weighted by molar-refractivity contribution is -0.169. The number of amides is 1. The van der Waals surface area contributed by atoms with Crippen molar-refractivity contribution in [2.45, 2.75) is 56.0 Å². The van der Waals surface area contributed by atoms with Crippen LogP contribution in [0.3, 0.4) is 0 Å². The van der Waals surface area contributed by atoms with E-state index in [1.165, 1.54) is 6.92 Å². The molecule has 9 N–H and O–H groups in total. The molecule has 0 saturated heterocycles. The van der Waals surface area contributed by atoms with Crippen LogP contribution in [0.5, 0.6) is 0 Å². The molecule has 2 saturated carbocycles. The van der Waals surface area contributed by atoms with E-state index in [9.17, 15) is 39.9 Å². The van der Waals surface area contributed by atoms with E-state index < -0.39 is 81.6 Å². The molecule has 10 heteroatoms. The van der Waals surface area contributed by atoms with Crippen molar-refractivity contribution in [1.29, 1.82) is 0 Å². The molecule has 8 atom stereocenters. The van der Waals surface area contributed by atoms with E-state index in [-0.39, 0.29) is 12.0 Å². The zero-order valence-electron chi connectivity index (χ0n) is 16.4. The fraction of sp³-hybridized carbons (Fsp3) is 0.650. The number of aliphatic hydroxyl groups excluding tert-OH is 3. The van der Waals surface area contributed by atoms with Crippen molar-refractivity contribution in [2.75, 3.05) is 0 Å². The monoisotopic (exact) mass is 422 g/mol. The van der Waals surface area contributed by atoms with Gasteiger partial charge in [0.1, 0.15) is 17.1 Å². The van der Waals surface area contributed by atoms with E-state index in [1.54, 1.807) is 0 Å². The summed E-state index contributed by atoms with van der Waals surface area (Å²) in [5.41, 5.74) is 5.59. The molecule has 4 rings (SSSR count). The van der Waals surface area contributed by atoms with Gasteiger partial charge in [0.2, 0.25) is 5.78 Å². The Hall–Kier alpha value is -2.27. The zero-order chi connectivity index (χ0) is 22.3. The molecule has 1 amide bonds. The van der Waals surface area contributed by atoms with Crippen LogP contribution in [0.15, 0.2) is 22.7 Å². The molecule has 4 aliphatic carbocycles. The number of rotatable bonds is 1. The first kappa shape index (κ1) is 21.0. The van der Waals surface area contributed by atoms with Crippen LogP contribution >= 0.6 is 0 Å². The molecular formula is C20H26N2O8. The maximum Gasteiger partial charge on any atom is 0.255 e. The number of aliphatic hydroxyl groups is 5. The fourth-order valence-electron chi connectivity index (χ4n) is 6.12. The topological polar surface area (TPSA) is 204 Å². The Morgan fingerprint density at radius 3 is 2.37 bits per heavy atom. The molecular weight excluding hydrogens is 396 g/mol. The van der Waals surface area contributed by atoms with Crippen LogP contribution in [0.2, 0.25) is 0 Å². The molecule has 0 spiro atoms. The molecule has 0 aromatic carbocycles. The Bertz CT molecular complexity index is 922. The van der Waals surface area contributed by atoms with Gasteiger partial charge in [-0.3, -0.25) is 14.4 Å². The van der Waals surface area contributed by atoms with Gasteiger partial charge in [-0.25, -0.2) is 0 Å². The number of fused-ring (bicyclic) bond motifs is 3. The summed E-state index contributed by atoms with van der Waals surface area (Å²) in [5.74, 6) is -8.98. The summed E-state index contributed by atoms with van der Waals surface area (Å²) in [6.07, 6.45) is 0.214. The smallest absolute Gasteiger partial charge is 0.255 e. The average molecular weight is 422 g/mol. The van der Waals surface area contributed by atoms with Crippen LogP contribution in [0.1, 0.15) is 32.6 Å². The number of ketones is 2. The standard InChI is InChI=1S/C20H26N2O8/c1-19(29)6-3-2-4-9(23)10(6)14(24)11-7(19)5-8-13(21)15(25)12(18(22)28)17(27)20(8,30)16(11)26/h6-10,13,23,25-26,29-30H,2-5,21H2,1H3,(H2,22,28)/t6?,7?,8-,9?,10?,13-,19+,20-/m0/s1. The number of primary amides is 1. The molecule has 2 fully saturated rings. The Kier molecular flexibility index (Phi) is 4.45. The second-order valence-electron chi connectivity index (χ2n) is 9.12. The number of hydrogen-bond acceptors (Lipinski definition) is 9. The van der Waals surface area contributed by atoms with Crippen LogP contribution in [-0.4, -0.2) is 66.4 Å². The Labute approximate surface area is 171 Å². The molecule has 10 nitrogen and oxygen atoms in total. The molecule has 0 radical (unpaired) electrons. The summed E-state index contributed by atoms with van der Waals surface area (Å²) >= 11 is 0. The normalized spacial score (nSPS) is 46.3. The van der Waals surface area contributed by atoms with Gasteiger partial charge >= 0.3 is 0 Å². The number of hydrogen-bond donors (Lipinski definition) is 7. The van der Waals surface area contributed by atoms with Gasteiger partial charge in [0.25, 0.3) is 5.91 Å². The number of carbonyl (C=O) groups excluding carboxylic acids is 3. The highest BCUT2D eigenvalue weighted by Gasteiger charge is 2.67. The van der Waals surface area contributed by atoms with Crippen molar-refractivity contribution in [2.24, 2.45) is 35.1 Å². The van der Waals surface area contributed by atoms with Crippen molar-refractivity contribution in [3.63, 3.8) is 0 Å². The molecule has 0 heterocycles. The molecule has 0 aliphatic heterocycles. The van der Waals surface area contributed by atoms with Gasteiger partial charge in [-0.15, -0.1) is 0 Å². The van der Waals surface area contributed by atoms with Gasteiger partial charge in [0.15, 0.2) is 11.4 Å². The van der Waals surface area contributed by atoms with E-state index >= 15 is 0 Å². The number of nitrogens with two attached hydrogens (primary N) is 2. The fourth-order valence-corrected chi connectivity index (χ4v) is 6.12. The summed E-state index contributed by atoms with van der Waals surface area (Å²) in [6, 6.07) is -1.43. The van der Waals surface area contributed by atoms with E-state index in [4.69, 9.17) is 11.5 Å². The zero-order valence-corrected chi connectivity index (χ0v) is 16.4. The summed E-state index contributed by atoms with van der Waals surface area (Å²) in [4.78, 5) is 37.9. The van der Waals surface area contributed by atoms with Gasteiger partial charge in [-0.2, -0.15) is 0 Å². The minimum absolute atomic E-state index is 0.197. The molecule has 0 aromatic heterocycles. The van der Waals surface area contributed by atoms with Crippen molar-refractivity contribution >= 4 is 17.5 Å². The SMILES string of the molecule is C[C@]1(O)C2C[C@H]3[C@H](N)C(O)=C(C(N)=O)C(=O)[C@@]3(O)C(O)=C2C(=O)C2C(O)CCCC21. The van der Waals surface area contributed by atoms with Gasteiger partial charge in [0, 0.05) is 23.3 Å². The third-order valence-electron chi connectivity index (χ3n) is 7.70. The third-order valence-corrected chi connectivity index (χ3v) is 7.70. The quantitative estimate of drug-likeness (QED) is 0.245. The lowest BCUT2D eigenvalue weighted by Gasteiger charge is -2.56. The van der Waals surface area contributed by atoms with Gasteiger partial charge < -0.3 is 37.0 Å². The number of Topliss-reactive ketones (excluding diaryl/α,β-unsaturated/α-hetero) is 2. The maximum absolute atomic E-state index is 13.3. The van der Waals surface area contributed by atoms with Crippen molar-refractivity contribution < 1.29 is 39.9 Å². The minimum atomic E-state index is -2.75. The highest BCUT2D eigenvalue weighted by atomic mass is 16.3. The van der Waals surface area contributed by atoms with E-state index in [0.29, 0.717) is 19.3 Å². The van der Waals surface area contributed by atoms with Crippen molar-refractivity contribution in [1.82, 2.24) is 0 Å². The van der Waals surface area contributed by atoms with Gasteiger partial charge in [-0.05, 0) is 26.2 Å². The Balaban J connectivity index is 1.94. The van der Waals surface area contributed by atoms with Crippen molar-refractivity contribution in [3.05, 3.63) is 22.7 Å². The Morgan fingerprint density at radius 2 is 1.77 bits per heavy atom. The lowest BCUT2D eigenvalue weighted by atomic mass is 9.50. The largest absolute Gasteiger partial charge is 0.510 e. The predicted octanol–water partition coefficient (Wildman–Crippen LogP) is -1.52. The molecule has 164 valence electrons. The summed E-state index contributed by atoms with van der Waals surface area (Å²) in [7, 11) is 0. The molecule has 0 bridgehead atoms. The first-order valence-corrected chi connectivity index (χ1v) is 10.0. The van der Waals surface area contributed by atoms with Crippen LogP contribution in [0, 0.1) is 23.7 Å². The highest BCUT2D eigenvalue weighted by Crippen LogP contribution is 2.57. The average Bonchev–Trinajstić information content (AvgIpc) is 2.66. The molecule has 4 aliphatic rings. The number of carbonyl (C=O) groups is 3. The first-order valence-electron chi connectivity index (χ1n) is 10.0. The van der Waals surface area contributed by atoms with Crippen LogP contribution in [-0.2, 0) is 14.4 Å². The minimum Gasteiger partial charge on any atom is -0.510 e. The van der Waals surface area contributed by atoms with E-state index in [1.807, 2.05) is 0 Å². The van der Waals surface area contributed by atoms with E-state index in [0.717, 1.165) is 0 Å². The van der Waals surface area contributed by atoms with Gasteiger partial charge in [-0.1, -0.05) is 6.42 Å². The predicted molar refractivity (Wildman–Crippen MR) is 101 cm³/mol.